The van der Waals surface area contributed by atoms with E-state index in [0.717, 1.165) is 12.2 Å². The van der Waals surface area contributed by atoms with Gasteiger partial charge in [0, 0.05) is 41.2 Å². The van der Waals surface area contributed by atoms with Crippen molar-refractivity contribution in [3.8, 4) is 11.3 Å². The summed E-state index contributed by atoms with van der Waals surface area (Å²) in [6.07, 6.45) is 1.87. The lowest BCUT2D eigenvalue weighted by atomic mass is 10.1. The molecule has 0 fully saturated rings. The van der Waals surface area contributed by atoms with E-state index in [-0.39, 0.29) is 0 Å². The van der Waals surface area contributed by atoms with Crippen LogP contribution in [0.5, 0.6) is 0 Å². The lowest BCUT2D eigenvalue weighted by molar-refractivity contribution is 0.610. The molecule has 1 heterocycles. The smallest absolute Gasteiger partial charge is 0.0705 e. The zero-order chi connectivity index (χ0) is 11.4. The second-order valence-corrected chi connectivity index (χ2v) is 5.33. The van der Waals surface area contributed by atoms with Gasteiger partial charge in [-0.1, -0.05) is 30.3 Å². The number of aromatic nitrogens is 1. The molecule has 0 bridgehead atoms. The number of rotatable bonds is 3. The molecule has 1 aromatic carbocycles. The largest absolute Gasteiger partial charge is 0.256 e. The molecule has 0 saturated heterocycles. The molecule has 0 saturated carbocycles. The van der Waals surface area contributed by atoms with Crippen LogP contribution in [-0.2, 0) is 6.54 Å². The average Bonchev–Trinajstić information content (AvgIpc) is 2.30. The Morgan fingerprint density at radius 2 is 1.94 bits per heavy atom. The van der Waals surface area contributed by atoms with Crippen LogP contribution in [0.1, 0.15) is 5.56 Å². The molecule has 0 spiro atoms. The highest BCUT2D eigenvalue weighted by Gasteiger charge is 2.01. The molecule has 0 unspecified atom stereocenters. The van der Waals surface area contributed by atoms with Crippen molar-refractivity contribution in [2.75, 3.05) is 7.05 Å². The normalized spacial score (nSPS) is 10.7. The predicted octanol–water partition coefficient (Wildman–Crippen LogP) is 3.53. The molecular weight excluding hydrogens is 311 g/mol. The molecule has 0 aliphatic rings. The molecule has 2 rings (SSSR count). The van der Waals surface area contributed by atoms with Crippen molar-refractivity contribution in [1.82, 2.24) is 8.10 Å². The first-order chi connectivity index (χ1) is 7.75. The lowest BCUT2D eigenvalue weighted by Crippen LogP contribution is -2.03. The van der Waals surface area contributed by atoms with Crippen LogP contribution in [0.4, 0.5) is 0 Å². The van der Waals surface area contributed by atoms with Crippen LogP contribution in [0, 0.1) is 0 Å². The van der Waals surface area contributed by atoms with Crippen LogP contribution < -0.4 is 0 Å². The second kappa shape index (κ2) is 5.41. The first-order valence-electron chi connectivity index (χ1n) is 5.13. The van der Waals surface area contributed by atoms with Gasteiger partial charge in [-0.25, -0.2) is 3.11 Å². The highest BCUT2D eigenvalue weighted by molar-refractivity contribution is 14.1. The topological polar surface area (TPSA) is 16.1 Å². The summed E-state index contributed by atoms with van der Waals surface area (Å²) in [5.74, 6) is 0. The fourth-order valence-electron chi connectivity index (χ4n) is 1.59. The summed E-state index contributed by atoms with van der Waals surface area (Å²) in [6, 6.07) is 14.5. The molecule has 0 radical (unpaired) electrons. The van der Waals surface area contributed by atoms with Gasteiger partial charge in [-0.3, -0.25) is 4.98 Å². The van der Waals surface area contributed by atoms with Gasteiger partial charge in [-0.2, -0.15) is 0 Å². The molecule has 0 aliphatic carbocycles. The van der Waals surface area contributed by atoms with E-state index in [2.05, 4.69) is 62.3 Å². The summed E-state index contributed by atoms with van der Waals surface area (Å²) in [7, 11) is 2.06. The van der Waals surface area contributed by atoms with Crippen molar-refractivity contribution in [3.63, 3.8) is 0 Å². The van der Waals surface area contributed by atoms with Crippen LogP contribution in [0.3, 0.4) is 0 Å². The number of pyridine rings is 1. The maximum atomic E-state index is 4.40. The molecule has 82 valence electrons. The van der Waals surface area contributed by atoms with Crippen LogP contribution in [0.2, 0.25) is 0 Å². The Bertz CT molecular complexity index is 454. The van der Waals surface area contributed by atoms with Crippen molar-refractivity contribution in [2.24, 2.45) is 0 Å². The highest BCUT2D eigenvalue weighted by atomic mass is 127. The lowest BCUT2D eigenvalue weighted by Gasteiger charge is -2.08. The second-order valence-electron chi connectivity index (χ2n) is 3.68. The number of halogens is 1. The third-order valence-electron chi connectivity index (χ3n) is 2.29. The minimum atomic E-state index is 0.933. The van der Waals surface area contributed by atoms with Gasteiger partial charge in [0.25, 0.3) is 0 Å². The Balaban J connectivity index is 2.29. The van der Waals surface area contributed by atoms with Crippen molar-refractivity contribution in [3.05, 3.63) is 54.2 Å². The summed E-state index contributed by atoms with van der Waals surface area (Å²) < 4.78 is 2.13. The maximum absolute atomic E-state index is 4.40. The van der Waals surface area contributed by atoms with E-state index in [1.54, 1.807) is 0 Å². The Kier molecular flexibility index (Phi) is 3.90. The first kappa shape index (κ1) is 11.5. The standard InChI is InChI=1S/C13H13IN2/c1-16(14)10-11-7-8-15-13(9-11)12-5-3-2-4-6-12/h2-9H,10H2,1H3. The summed E-state index contributed by atoms with van der Waals surface area (Å²) in [4.78, 5) is 4.40. The zero-order valence-electron chi connectivity index (χ0n) is 9.10. The number of nitrogens with zero attached hydrogens (tertiary/aromatic N) is 2. The third kappa shape index (κ3) is 3.02. The Morgan fingerprint density at radius 3 is 2.62 bits per heavy atom. The SMILES string of the molecule is CN(I)Cc1ccnc(-c2ccccc2)c1. The molecule has 3 heteroatoms. The van der Waals surface area contributed by atoms with Gasteiger partial charge in [0.05, 0.1) is 5.69 Å². The Labute approximate surface area is 110 Å². The van der Waals surface area contributed by atoms with Crippen LogP contribution in [-0.4, -0.2) is 15.1 Å². The molecule has 2 aromatic rings. The maximum Gasteiger partial charge on any atom is 0.0705 e. The summed E-state index contributed by atoms with van der Waals surface area (Å²) >= 11 is 2.29. The van der Waals surface area contributed by atoms with Gasteiger partial charge in [-0.15, -0.1) is 0 Å². The summed E-state index contributed by atoms with van der Waals surface area (Å²) in [6.45, 7) is 0.933. The van der Waals surface area contributed by atoms with Crippen molar-refractivity contribution < 1.29 is 0 Å². The number of hydrogen-bond acceptors (Lipinski definition) is 2. The van der Waals surface area contributed by atoms with Crippen LogP contribution in [0.15, 0.2) is 48.7 Å². The average molecular weight is 324 g/mol. The number of benzene rings is 1. The van der Waals surface area contributed by atoms with E-state index in [1.807, 2.05) is 24.4 Å². The molecule has 16 heavy (non-hydrogen) atoms. The van der Waals surface area contributed by atoms with Gasteiger partial charge < -0.3 is 0 Å². The molecule has 0 atom stereocenters. The zero-order valence-corrected chi connectivity index (χ0v) is 11.3. The Hall–Kier alpha value is -0.940. The van der Waals surface area contributed by atoms with Gasteiger partial charge >= 0.3 is 0 Å². The minimum absolute atomic E-state index is 0.933. The van der Waals surface area contributed by atoms with Crippen molar-refractivity contribution in [2.45, 2.75) is 6.54 Å². The molecule has 1 aromatic heterocycles. The molecule has 0 amide bonds. The third-order valence-corrected chi connectivity index (χ3v) is 2.64. The predicted molar refractivity (Wildman–Crippen MR) is 75.2 cm³/mol. The van der Waals surface area contributed by atoms with E-state index in [4.69, 9.17) is 0 Å². The monoisotopic (exact) mass is 324 g/mol. The number of hydrogen-bond donors (Lipinski definition) is 0. The van der Waals surface area contributed by atoms with Crippen LogP contribution in [0.25, 0.3) is 11.3 Å². The van der Waals surface area contributed by atoms with Gasteiger partial charge in [0.1, 0.15) is 0 Å². The van der Waals surface area contributed by atoms with Gasteiger partial charge in [0.15, 0.2) is 0 Å². The molecule has 0 aliphatic heterocycles. The van der Waals surface area contributed by atoms with Gasteiger partial charge in [0.2, 0.25) is 0 Å². The first-order valence-corrected chi connectivity index (χ1v) is 6.09. The fourth-order valence-corrected chi connectivity index (χ4v) is 1.98. The highest BCUT2D eigenvalue weighted by Crippen LogP contribution is 2.18. The molecular formula is C13H13IN2. The van der Waals surface area contributed by atoms with Gasteiger partial charge in [-0.05, 0) is 24.7 Å². The van der Waals surface area contributed by atoms with Crippen LogP contribution >= 0.6 is 22.9 Å². The van der Waals surface area contributed by atoms with Crippen molar-refractivity contribution >= 4 is 22.9 Å². The van der Waals surface area contributed by atoms with E-state index in [9.17, 15) is 0 Å². The van der Waals surface area contributed by atoms with E-state index < -0.39 is 0 Å². The quantitative estimate of drug-likeness (QED) is 0.634. The Morgan fingerprint density at radius 1 is 1.19 bits per heavy atom. The summed E-state index contributed by atoms with van der Waals surface area (Å²) in [5, 5.41) is 0. The van der Waals surface area contributed by atoms with E-state index in [0.29, 0.717) is 0 Å². The fraction of sp³-hybridized carbons (Fsp3) is 0.154. The van der Waals surface area contributed by atoms with Crippen molar-refractivity contribution in [1.29, 1.82) is 0 Å². The van der Waals surface area contributed by atoms with E-state index in [1.165, 1.54) is 11.1 Å². The summed E-state index contributed by atoms with van der Waals surface area (Å²) in [5.41, 5.74) is 3.49. The van der Waals surface area contributed by atoms with E-state index >= 15 is 0 Å². The molecule has 0 N–H and O–H groups in total. The minimum Gasteiger partial charge on any atom is -0.256 e. The molecule has 2 nitrogen and oxygen atoms in total.